The third-order valence-electron chi connectivity index (χ3n) is 4.25. The Morgan fingerprint density at radius 3 is 2.59 bits per heavy atom. The number of carbonyl (C=O) groups is 1. The van der Waals surface area contributed by atoms with Crippen molar-refractivity contribution in [3.8, 4) is 5.75 Å². The van der Waals surface area contributed by atoms with Crippen LogP contribution in [-0.4, -0.2) is 30.1 Å². The number of amides is 1. The fraction of sp³-hybridized carbons (Fsp3) is 0.412. The average Bonchev–Trinajstić information content (AvgIpc) is 2.95. The largest absolute Gasteiger partial charge is 0.490 e. The van der Waals surface area contributed by atoms with E-state index in [1.165, 1.54) is 29.5 Å². The maximum Gasteiger partial charge on any atom is 0.419 e. The molecule has 0 saturated carbocycles. The molecule has 0 spiro atoms. The number of alkyl halides is 3. The van der Waals surface area contributed by atoms with Gasteiger partial charge in [0.15, 0.2) is 5.13 Å². The molecule has 2 heterocycles. The number of benzene rings is 1. The standard InChI is InChI=1S/C17H19F3N4O2S/c18-17(19,20)11-3-1-2-4-12(11)26-10-5-7-24(8-6-10)16-23-15(22)13(27-16)9-14(21)25/h1-4,10H,5-9,22H2,(H2,21,25). The molecule has 1 aliphatic heterocycles. The summed E-state index contributed by atoms with van der Waals surface area (Å²) in [6, 6.07) is 5.23. The summed E-state index contributed by atoms with van der Waals surface area (Å²) >= 11 is 1.30. The van der Waals surface area contributed by atoms with Gasteiger partial charge in [0.1, 0.15) is 17.7 Å². The highest BCUT2D eigenvalue weighted by atomic mass is 32.1. The molecule has 146 valence electrons. The van der Waals surface area contributed by atoms with Crippen molar-refractivity contribution < 1.29 is 22.7 Å². The first-order valence-electron chi connectivity index (χ1n) is 8.35. The molecule has 0 atom stereocenters. The molecule has 0 unspecified atom stereocenters. The first-order valence-corrected chi connectivity index (χ1v) is 9.17. The summed E-state index contributed by atoms with van der Waals surface area (Å²) < 4.78 is 44.9. The zero-order chi connectivity index (χ0) is 19.6. The number of nitrogen functional groups attached to an aromatic ring is 1. The van der Waals surface area contributed by atoms with Crippen molar-refractivity contribution in [2.45, 2.75) is 31.5 Å². The number of halogens is 3. The first kappa shape index (κ1) is 19.3. The second kappa shape index (κ2) is 7.63. The summed E-state index contributed by atoms with van der Waals surface area (Å²) in [5, 5.41) is 0.679. The van der Waals surface area contributed by atoms with Crippen LogP contribution in [0.25, 0.3) is 0 Å². The number of carbonyl (C=O) groups excluding carboxylic acids is 1. The van der Waals surface area contributed by atoms with Gasteiger partial charge in [0, 0.05) is 25.9 Å². The third-order valence-corrected chi connectivity index (χ3v) is 5.38. The number of ether oxygens (including phenoxy) is 1. The van der Waals surface area contributed by atoms with E-state index in [4.69, 9.17) is 16.2 Å². The lowest BCUT2D eigenvalue weighted by Crippen LogP contribution is -2.38. The number of anilines is 2. The zero-order valence-electron chi connectivity index (χ0n) is 14.3. The number of para-hydroxylation sites is 1. The van der Waals surface area contributed by atoms with E-state index in [0.29, 0.717) is 35.9 Å². The fourth-order valence-electron chi connectivity index (χ4n) is 2.92. The van der Waals surface area contributed by atoms with Crippen molar-refractivity contribution in [2.24, 2.45) is 5.73 Å². The number of hydrogen-bond acceptors (Lipinski definition) is 6. The van der Waals surface area contributed by atoms with E-state index in [-0.39, 0.29) is 24.1 Å². The van der Waals surface area contributed by atoms with Crippen molar-refractivity contribution in [3.63, 3.8) is 0 Å². The number of piperidine rings is 1. The first-order chi connectivity index (χ1) is 12.7. The Bertz CT molecular complexity index is 817. The summed E-state index contributed by atoms with van der Waals surface area (Å²) in [5.41, 5.74) is 10.2. The molecule has 10 heteroatoms. The van der Waals surface area contributed by atoms with Gasteiger partial charge in [-0.2, -0.15) is 13.2 Å². The van der Waals surface area contributed by atoms with Crippen LogP contribution in [0.3, 0.4) is 0 Å². The molecule has 0 radical (unpaired) electrons. The van der Waals surface area contributed by atoms with E-state index in [9.17, 15) is 18.0 Å². The van der Waals surface area contributed by atoms with Gasteiger partial charge in [0.05, 0.1) is 16.9 Å². The minimum atomic E-state index is -4.45. The van der Waals surface area contributed by atoms with Gasteiger partial charge in [0.2, 0.25) is 5.91 Å². The molecular formula is C17H19F3N4O2S. The summed E-state index contributed by atoms with van der Waals surface area (Å²) in [7, 11) is 0. The Morgan fingerprint density at radius 1 is 1.30 bits per heavy atom. The molecule has 1 aliphatic rings. The quantitative estimate of drug-likeness (QED) is 0.805. The van der Waals surface area contributed by atoms with Crippen LogP contribution < -0.4 is 21.1 Å². The Labute approximate surface area is 157 Å². The van der Waals surface area contributed by atoms with Crippen molar-refractivity contribution in [1.82, 2.24) is 4.98 Å². The molecule has 1 aromatic carbocycles. The number of nitrogens with two attached hydrogens (primary N) is 2. The van der Waals surface area contributed by atoms with E-state index in [1.54, 1.807) is 0 Å². The van der Waals surface area contributed by atoms with Crippen LogP contribution in [-0.2, 0) is 17.4 Å². The van der Waals surface area contributed by atoms with Crippen LogP contribution >= 0.6 is 11.3 Å². The van der Waals surface area contributed by atoms with Crippen molar-refractivity contribution in [1.29, 1.82) is 0 Å². The topological polar surface area (TPSA) is 94.5 Å². The number of thiazole rings is 1. The predicted molar refractivity (Wildman–Crippen MR) is 96.7 cm³/mol. The van der Waals surface area contributed by atoms with Crippen molar-refractivity contribution in [3.05, 3.63) is 34.7 Å². The highest BCUT2D eigenvalue weighted by Crippen LogP contribution is 2.37. The molecule has 1 aromatic heterocycles. The van der Waals surface area contributed by atoms with Gasteiger partial charge >= 0.3 is 6.18 Å². The van der Waals surface area contributed by atoms with Crippen LogP contribution in [0.1, 0.15) is 23.3 Å². The highest BCUT2D eigenvalue weighted by molar-refractivity contribution is 7.16. The summed E-state index contributed by atoms with van der Waals surface area (Å²) in [6.07, 6.45) is -3.62. The maximum absolute atomic E-state index is 13.1. The van der Waals surface area contributed by atoms with Crippen LogP contribution in [0.5, 0.6) is 5.75 Å². The minimum absolute atomic E-state index is 0.0390. The van der Waals surface area contributed by atoms with Gasteiger partial charge in [0.25, 0.3) is 0 Å². The average molecular weight is 400 g/mol. The fourth-order valence-corrected chi connectivity index (χ4v) is 3.96. The van der Waals surface area contributed by atoms with Gasteiger partial charge in [-0.25, -0.2) is 4.98 Å². The second-order valence-electron chi connectivity index (χ2n) is 6.25. The molecule has 1 saturated heterocycles. The van der Waals surface area contributed by atoms with Crippen LogP contribution in [0.2, 0.25) is 0 Å². The Morgan fingerprint density at radius 2 is 1.96 bits per heavy atom. The summed E-state index contributed by atoms with van der Waals surface area (Å²) in [5.74, 6) is -0.343. The molecular weight excluding hydrogens is 381 g/mol. The van der Waals surface area contributed by atoms with Gasteiger partial charge in [-0.3, -0.25) is 4.79 Å². The third kappa shape index (κ3) is 4.62. The smallest absolute Gasteiger partial charge is 0.419 e. The summed E-state index contributed by atoms with van der Waals surface area (Å²) in [6.45, 7) is 1.14. The molecule has 4 N–H and O–H groups in total. The van der Waals surface area contributed by atoms with Gasteiger partial charge in [-0.15, -0.1) is 0 Å². The molecule has 27 heavy (non-hydrogen) atoms. The van der Waals surface area contributed by atoms with Crippen LogP contribution in [0.15, 0.2) is 24.3 Å². The van der Waals surface area contributed by atoms with E-state index in [1.807, 2.05) is 4.90 Å². The molecule has 0 bridgehead atoms. The van der Waals surface area contributed by atoms with Crippen LogP contribution in [0.4, 0.5) is 24.1 Å². The lowest BCUT2D eigenvalue weighted by atomic mass is 10.1. The second-order valence-corrected chi connectivity index (χ2v) is 7.31. The number of nitrogens with zero attached hydrogens (tertiary/aromatic N) is 2. The monoisotopic (exact) mass is 400 g/mol. The minimum Gasteiger partial charge on any atom is -0.490 e. The van der Waals surface area contributed by atoms with Gasteiger partial charge in [-0.05, 0) is 12.1 Å². The lowest BCUT2D eigenvalue weighted by molar-refractivity contribution is -0.139. The lowest BCUT2D eigenvalue weighted by Gasteiger charge is -2.32. The number of hydrogen-bond donors (Lipinski definition) is 2. The Balaban J connectivity index is 1.63. The maximum atomic E-state index is 13.1. The molecule has 2 aromatic rings. The normalized spacial score (nSPS) is 15.7. The van der Waals surface area contributed by atoms with E-state index >= 15 is 0 Å². The SMILES string of the molecule is NC(=O)Cc1sc(N2CCC(Oc3ccccc3C(F)(F)F)CC2)nc1N. The number of rotatable bonds is 5. The number of aromatic nitrogens is 1. The van der Waals surface area contributed by atoms with E-state index in [2.05, 4.69) is 4.98 Å². The Kier molecular flexibility index (Phi) is 5.45. The molecule has 1 fully saturated rings. The van der Waals surface area contributed by atoms with Crippen LogP contribution in [0, 0.1) is 0 Å². The zero-order valence-corrected chi connectivity index (χ0v) is 15.1. The van der Waals surface area contributed by atoms with Crippen molar-refractivity contribution in [2.75, 3.05) is 23.7 Å². The highest BCUT2D eigenvalue weighted by Gasteiger charge is 2.35. The molecule has 3 rings (SSSR count). The van der Waals surface area contributed by atoms with Gasteiger partial charge in [-0.1, -0.05) is 23.5 Å². The molecule has 1 amide bonds. The van der Waals surface area contributed by atoms with E-state index < -0.39 is 17.6 Å². The molecule has 6 nitrogen and oxygen atoms in total. The molecule has 0 aliphatic carbocycles. The van der Waals surface area contributed by atoms with E-state index in [0.717, 1.165) is 6.07 Å². The van der Waals surface area contributed by atoms with Gasteiger partial charge < -0.3 is 21.1 Å². The predicted octanol–water partition coefficient (Wildman–Crippen LogP) is 2.82. The van der Waals surface area contributed by atoms with Crippen molar-refractivity contribution >= 4 is 28.2 Å². The summed E-state index contributed by atoms with van der Waals surface area (Å²) in [4.78, 5) is 17.9. The Hall–Kier alpha value is -2.49. The number of primary amides is 1.